The Morgan fingerprint density at radius 3 is 2.30 bits per heavy atom. The van der Waals surface area contributed by atoms with E-state index in [0.29, 0.717) is 19.4 Å². The summed E-state index contributed by atoms with van der Waals surface area (Å²) in [6, 6.07) is 0. The Labute approximate surface area is 223 Å². The molecule has 0 aliphatic heterocycles. The largest absolute Gasteiger partial charge is 0.460 e. The van der Waals surface area contributed by atoms with Crippen LogP contribution in [0.1, 0.15) is 99.8 Å². The molecule has 0 aromatic carbocycles. The van der Waals surface area contributed by atoms with E-state index in [1.807, 2.05) is 34.6 Å². The van der Waals surface area contributed by atoms with Crippen molar-refractivity contribution in [1.82, 2.24) is 20.0 Å². The van der Waals surface area contributed by atoms with E-state index >= 15 is 0 Å². The van der Waals surface area contributed by atoms with E-state index < -0.39 is 17.4 Å². The van der Waals surface area contributed by atoms with Crippen molar-refractivity contribution in [2.75, 3.05) is 6.54 Å². The Kier molecular flexibility index (Phi) is 12.1. The third kappa shape index (κ3) is 11.3. The number of amides is 2. The molecule has 1 aromatic heterocycles. The molecule has 1 saturated carbocycles. The van der Waals surface area contributed by atoms with Gasteiger partial charge in [-0.05, 0) is 51.4 Å². The molecule has 2 amide bonds. The molecule has 8 heteroatoms. The fourth-order valence-corrected chi connectivity index (χ4v) is 5.16. The SMILES string of the molecule is CC(C)C[C@@H](C(=O)NN(CC(C)C)C(=O)Cn1ccnc1)[C@H](CCCC1CCCC1)C(=O)OC(C)(C)C. The monoisotopic (exact) mass is 518 g/mol. The van der Waals surface area contributed by atoms with Crippen LogP contribution in [0, 0.1) is 29.6 Å². The Bertz CT molecular complexity index is 839. The molecule has 1 fully saturated rings. The van der Waals surface area contributed by atoms with Gasteiger partial charge in [0.15, 0.2) is 0 Å². The summed E-state index contributed by atoms with van der Waals surface area (Å²) in [7, 11) is 0. The third-order valence-electron chi connectivity index (χ3n) is 6.83. The van der Waals surface area contributed by atoms with Gasteiger partial charge in [0, 0.05) is 18.9 Å². The number of carbonyl (C=O) groups excluding carboxylic acids is 3. The highest BCUT2D eigenvalue weighted by atomic mass is 16.6. The molecule has 0 unspecified atom stereocenters. The van der Waals surface area contributed by atoms with Crippen LogP contribution in [0.2, 0.25) is 0 Å². The number of aromatic nitrogens is 2. The third-order valence-corrected chi connectivity index (χ3v) is 6.83. The molecule has 2 atom stereocenters. The number of hydrazine groups is 1. The van der Waals surface area contributed by atoms with Gasteiger partial charge in [-0.1, -0.05) is 66.2 Å². The average Bonchev–Trinajstić information content (AvgIpc) is 3.47. The highest BCUT2D eigenvalue weighted by Crippen LogP contribution is 2.33. The van der Waals surface area contributed by atoms with Crippen LogP contribution in [0.25, 0.3) is 0 Å². The number of rotatable bonds is 13. The van der Waals surface area contributed by atoms with Gasteiger partial charge < -0.3 is 9.30 Å². The molecule has 2 rings (SSSR count). The van der Waals surface area contributed by atoms with Crippen LogP contribution in [0.5, 0.6) is 0 Å². The van der Waals surface area contributed by atoms with Crippen molar-refractivity contribution in [1.29, 1.82) is 0 Å². The van der Waals surface area contributed by atoms with Gasteiger partial charge in [0.25, 0.3) is 5.91 Å². The lowest BCUT2D eigenvalue weighted by molar-refractivity contribution is -0.165. The van der Waals surface area contributed by atoms with Crippen molar-refractivity contribution in [3.05, 3.63) is 18.7 Å². The van der Waals surface area contributed by atoms with Gasteiger partial charge in [-0.15, -0.1) is 0 Å². The second-order valence-electron chi connectivity index (χ2n) is 12.6. The van der Waals surface area contributed by atoms with E-state index in [1.54, 1.807) is 23.3 Å². The van der Waals surface area contributed by atoms with Crippen LogP contribution >= 0.6 is 0 Å². The second kappa shape index (κ2) is 14.5. The van der Waals surface area contributed by atoms with Crippen LogP contribution < -0.4 is 5.43 Å². The molecule has 1 aromatic rings. The normalized spacial score (nSPS) is 16.1. The first-order valence-electron chi connectivity index (χ1n) is 14.1. The molecule has 0 radical (unpaired) electrons. The lowest BCUT2D eigenvalue weighted by atomic mass is 9.81. The summed E-state index contributed by atoms with van der Waals surface area (Å²) < 4.78 is 7.49. The topological polar surface area (TPSA) is 93.5 Å². The number of ether oxygens (including phenoxy) is 1. The van der Waals surface area contributed by atoms with Crippen molar-refractivity contribution in [3.8, 4) is 0 Å². The molecule has 0 bridgehead atoms. The first-order valence-corrected chi connectivity index (χ1v) is 14.1. The van der Waals surface area contributed by atoms with Crippen LogP contribution in [-0.2, 0) is 25.7 Å². The Hall–Kier alpha value is -2.38. The number of esters is 1. The minimum absolute atomic E-state index is 0.0821. The number of hydrogen-bond acceptors (Lipinski definition) is 5. The van der Waals surface area contributed by atoms with Crippen LogP contribution in [0.4, 0.5) is 0 Å². The second-order valence-corrected chi connectivity index (χ2v) is 12.6. The fourth-order valence-electron chi connectivity index (χ4n) is 5.16. The van der Waals surface area contributed by atoms with E-state index in [-0.39, 0.29) is 36.2 Å². The van der Waals surface area contributed by atoms with Crippen LogP contribution in [0.3, 0.4) is 0 Å². The molecule has 1 aliphatic rings. The molecule has 1 aliphatic carbocycles. The van der Waals surface area contributed by atoms with Crippen molar-refractivity contribution in [3.63, 3.8) is 0 Å². The predicted octanol–water partition coefficient (Wildman–Crippen LogP) is 5.38. The molecule has 8 nitrogen and oxygen atoms in total. The average molecular weight is 519 g/mol. The standard InChI is InChI=1S/C29H50N4O4/c1-21(2)17-25(24(28(36)37-29(5,6)7)14-10-13-23-11-8-9-12-23)27(35)31-33(18-22(3)4)26(34)19-32-16-15-30-20-32/h15-16,20-25H,8-14,17-19H2,1-7H3,(H,31,35)/t24-,25+/m0/s1. The van der Waals surface area contributed by atoms with Gasteiger partial charge in [-0.3, -0.25) is 24.8 Å². The molecule has 37 heavy (non-hydrogen) atoms. The minimum atomic E-state index is -0.635. The van der Waals surface area contributed by atoms with Gasteiger partial charge in [-0.25, -0.2) is 4.98 Å². The molecular formula is C29H50N4O4. The van der Waals surface area contributed by atoms with E-state index in [0.717, 1.165) is 18.8 Å². The van der Waals surface area contributed by atoms with Gasteiger partial charge in [0.1, 0.15) is 12.1 Å². The molecule has 0 saturated heterocycles. The maximum atomic E-state index is 13.8. The summed E-state index contributed by atoms with van der Waals surface area (Å²) in [5.74, 6) is -0.872. The summed E-state index contributed by atoms with van der Waals surface area (Å²) >= 11 is 0. The number of nitrogens with zero attached hydrogens (tertiary/aromatic N) is 3. The molecule has 1 N–H and O–H groups in total. The van der Waals surface area contributed by atoms with Crippen LogP contribution in [0.15, 0.2) is 18.7 Å². The van der Waals surface area contributed by atoms with Gasteiger partial charge in [-0.2, -0.15) is 0 Å². The summed E-state index contributed by atoms with van der Waals surface area (Å²) in [4.78, 5) is 44.3. The molecular weight excluding hydrogens is 468 g/mol. The lowest BCUT2D eigenvalue weighted by Crippen LogP contribution is -2.52. The summed E-state index contributed by atoms with van der Waals surface area (Å²) in [5, 5.41) is 1.41. The minimum Gasteiger partial charge on any atom is -0.460 e. The van der Waals surface area contributed by atoms with E-state index in [9.17, 15) is 14.4 Å². The molecule has 0 spiro atoms. The smallest absolute Gasteiger partial charge is 0.310 e. The zero-order valence-corrected chi connectivity index (χ0v) is 24.2. The number of hydrogen-bond donors (Lipinski definition) is 1. The highest BCUT2D eigenvalue weighted by Gasteiger charge is 2.38. The van der Waals surface area contributed by atoms with Crippen molar-refractivity contribution >= 4 is 17.8 Å². The Morgan fingerprint density at radius 2 is 1.76 bits per heavy atom. The van der Waals surface area contributed by atoms with Gasteiger partial charge in [0.2, 0.25) is 5.91 Å². The first-order chi connectivity index (χ1) is 17.4. The van der Waals surface area contributed by atoms with Gasteiger partial charge in [0.05, 0.1) is 18.2 Å². The maximum Gasteiger partial charge on any atom is 0.310 e. The highest BCUT2D eigenvalue weighted by molar-refractivity contribution is 5.87. The zero-order valence-electron chi connectivity index (χ0n) is 24.2. The van der Waals surface area contributed by atoms with Crippen molar-refractivity contribution < 1.29 is 19.1 Å². The number of nitrogens with one attached hydrogen (secondary N) is 1. The summed E-state index contributed by atoms with van der Waals surface area (Å²) in [6.07, 6.45) is 13.2. The quantitative estimate of drug-likeness (QED) is 0.279. The molecule has 1 heterocycles. The van der Waals surface area contributed by atoms with E-state index in [1.165, 1.54) is 30.7 Å². The number of imidazole rings is 1. The fraction of sp³-hybridized carbons (Fsp3) is 0.793. The zero-order chi connectivity index (χ0) is 27.6. The van der Waals surface area contributed by atoms with Crippen molar-refractivity contribution in [2.24, 2.45) is 29.6 Å². The Balaban J connectivity index is 2.23. The number of carbonyl (C=O) groups is 3. The van der Waals surface area contributed by atoms with E-state index in [4.69, 9.17) is 4.74 Å². The predicted molar refractivity (Wildman–Crippen MR) is 145 cm³/mol. The summed E-state index contributed by atoms with van der Waals surface area (Å²) in [6.45, 7) is 14.2. The lowest BCUT2D eigenvalue weighted by Gasteiger charge is -2.32. The van der Waals surface area contributed by atoms with E-state index in [2.05, 4.69) is 24.3 Å². The van der Waals surface area contributed by atoms with Crippen molar-refractivity contribution in [2.45, 2.75) is 112 Å². The van der Waals surface area contributed by atoms with Gasteiger partial charge >= 0.3 is 5.97 Å². The maximum absolute atomic E-state index is 13.8. The van der Waals surface area contributed by atoms with Crippen LogP contribution in [-0.4, -0.2) is 44.5 Å². The molecule has 210 valence electrons. The summed E-state index contributed by atoms with van der Waals surface area (Å²) in [5.41, 5.74) is 2.26. The Morgan fingerprint density at radius 1 is 1.08 bits per heavy atom. The first kappa shape index (κ1) is 30.8.